The number of nitrogens with one attached hydrogen (secondary N) is 1. The van der Waals surface area contributed by atoms with Gasteiger partial charge in [-0.2, -0.15) is 0 Å². The molecule has 1 aliphatic rings. The van der Waals surface area contributed by atoms with Gasteiger partial charge >= 0.3 is 0 Å². The van der Waals surface area contributed by atoms with Crippen molar-refractivity contribution < 1.29 is 0 Å². The number of hydrogen-bond donors (Lipinski definition) is 2. The maximum atomic E-state index is 5.58. The lowest BCUT2D eigenvalue weighted by atomic mass is 10.3. The second kappa shape index (κ2) is 3.97. The zero-order valence-electron chi connectivity index (χ0n) is 7.31. The van der Waals surface area contributed by atoms with Crippen LogP contribution in [-0.4, -0.2) is 33.2 Å². The Bertz CT molecular complexity index is 268. The summed E-state index contributed by atoms with van der Waals surface area (Å²) < 4.78 is 1.46. The molecule has 2 heterocycles. The third kappa shape index (κ3) is 2.13. The molecule has 1 atom stereocenters. The number of rotatable bonds is 3. The molecular weight excluding hydrogens is 186 g/mol. The quantitative estimate of drug-likeness (QED) is 0.523. The van der Waals surface area contributed by atoms with E-state index in [9.17, 15) is 0 Å². The Morgan fingerprint density at radius 2 is 2.69 bits per heavy atom. The van der Waals surface area contributed by atoms with Crippen molar-refractivity contribution in [3.8, 4) is 0 Å². The maximum absolute atomic E-state index is 5.58. The SMILES string of the molecule is Nn1cnnc1SC[C@H]1CCCN1. The van der Waals surface area contributed by atoms with Crippen LogP contribution in [-0.2, 0) is 0 Å². The molecule has 2 rings (SSSR count). The first-order chi connectivity index (χ1) is 6.36. The second-order valence-corrected chi connectivity index (χ2v) is 4.11. The summed E-state index contributed by atoms with van der Waals surface area (Å²) in [5.74, 6) is 6.60. The molecule has 0 bridgehead atoms. The van der Waals surface area contributed by atoms with Gasteiger partial charge in [0, 0.05) is 11.8 Å². The van der Waals surface area contributed by atoms with Crippen LogP contribution in [0.4, 0.5) is 0 Å². The highest BCUT2D eigenvalue weighted by Gasteiger charge is 2.15. The van der Waals surface area contributed by atoms with Crippen molar-refractivity contribution in [1.82, 2.24) is 20.2 Å². The van der Waals surface area contributed by atoms with Crippen LogP contribution >= 0.6 is 11.8 Å². The van der Waals surface area contributed by atoms with E-state index in [1.54, 1.807) is 11.8 Å². The molecule has 3 N–H and O–H groups in total. The van der Waals surface area contributed by atoms with Gasteiger partial charge in [-0.25, -0.2) is 4.68 Å². The fraction of sp³-hybridized carbons (Fsp3) is 0.714. The first-order valence-corrected chi connectivity index (χ1v) is 5.36. The lowest BCUT2D eigenvalue weighted by molar-refractivity contribution is 0.672. The number of nitrogens with zero attached hydrogens (tertiary/aromatic N) is 3. The van der Waals surface area contributed by atoms with E-state index in [2.05, 4.69) is 15.5 Å². The molecule has 1 fully saturated rings. The smallest absolute Gasteiger partial charge is 0.209 e. The van der Waals surface area contributed by atoms with Crippen LogP contribution in [0.2, 0.25) is 0 Å². The fourth-order valence-corrected chi connectivity index (χ4v) is 2.35. The van der Waals surface area contributed by atoms with Gasteiger partial charge in [-0.3, -0.25) is 0 Å². The van der Waals surface area contributed by atoms with Crippen molar-refractivity contribution in [2.45, 2.75) is 24.0 Å². The molecule has 72 valence electrons. The average Bonchev–Trinajstić information content (AvgIpc) is 2.72. The monoisotopic (exact) mass is 199 g/mol. The van der Waals surface area contributed by atoms with E-state index < -0.39 is 0 Å². The van der Waals surface area contributed by atoms with Crippen LogP contribution < -0.4 is 11.2 Å². The van der Waals surface area contributed by atoms with Gasteiger partial charge < -0.3 is 11.2 Å². The molecule has 1 aromatic heterocycles. The van der Waals surface area contributed by atoms with E-state index in [4.69, 9.17) is 5.84 Å². The number of nitrogens with two attached hydrogens (primary N) is 1. The summed E-state index contributed by atoms with van der Waals surface area (Å²) in [6.07, 6.45) is 4.05. The molecule has 5 nitrogen and oxygen atoms in total. The maximum Gasteiger partial charge on any atom is 0.209 e. The molecule has 0 radical (unpaired) electrons. The van der Waals surface area contributed by atoms with Gasteiger partial charge in [-0.1, -0.05) is 11.8 Å². The molecule has 0 spiro atoms. The molecule has 0 amide bonds. The molecule has 0 unspecified atom stereocenters. The molecule has 1 saturated heterocycles. The number of thioether (sulfide) groups is 1. The highest BCUT2D eigenvalue weighted by Crippen LogP contribution is 2.17. The molecular formula is C7H13N5S. The van der Waals surface area contributed by atoms with E-state index in [0.717, 1.165) is 17.5 Å². The molecule has 0 aliphatic carbocycles. The summed E-state index contributed by atoms with van der Waals surface area (Å²) >= 11 is 1.65. The number of nitrogen functional groups attached to an aromatic ring is 1. The zero-order chi connectivity index (χ0) is 9.10. The lowest BCUT2D eigenvalue weighted by Crippen LogP contribution is -2.24. The first-order valence-electron chi connectivity index (χ1n) is 4.37. The van der Waals surface area contributed by atoms with E-state index in [1.165, 1.54) is 23.8 Å². The summed E-state index contributed by atoms with van der Waals surface area (Å²) in [6.45, 7) is 1.14. The average molecular weight is 199 g/mol. The minimum Gasteiger partial charge on any atom is -0.336 e. The van der Waals surface area contributed by atoms with Gasteiger partial charge in [-0.15, -0.1) is 10.2 Å². The zero-order valence-corrected chi connectivity index (χ0v) is 8.13. The van der Waals surface area contributed by atoms with E-state index in [0.29, 0.717) is 6.04 Å². The van der Waals surface area contributed by atoms with Gasteiger partial charge in [-0.05, 0) is 19.4 Å². The van der Waals surface area contributed by atoms with E-state index >= 15 is 0 Å². The fourth-order valence-electron chi connectivity index (χ4n) is 1.41. The first kappa shape index (κ1) is 8.83. The third-order valence-electron chi connectivity index (χ3n) is 2.12. The van der Waals surface area contributed by atoms with Crippen LogP contribution in [0.1, 0.15) is 12.8 Å². The summed E-state index contributed by atoms with van der Waals surface area (Å²) in [5.41, 5.74) is 0. The Morgan fingerprint density at radius 3 is 3.31 bits per heavy atom. The minimum absolute atomic E-state index is 0.613. The predicted octanol–water partition coefficient (Wildman–Crippen LogP) is -0.164. The van der Waals surface area contributed by atoms with Crippen molar-refractivity contribution in [3.05, 3.63) is 6.33 Å². The van der Waals surface area contributed by atoms with Gasteiger partial charge in [0.05, 0.1) is 0 Å². The summed E-state index contributed by atoms with van der Waals surface area (Å²) in [5, 5.41) is 11.8. The van der Waals surface area contributed by atoms with Gasteiger partial charge in [0.2, 0.25) is 5.16 Å². The Labute approximate surface area is 81.1 Å². The number of hydrogen-bond acceptors (Lipinski definition) is 5. The Morgan fingerprint density at radius 1 is 1.77 bits per heavy atom. The topological polar surface area (TPSA) is 68.8 Å². The number of aromatic nitrogens is 3. The molecule has 1 aromatic rings. The predicted molar refractivity (Wildman–Crippen MR) is 51.9 cm³/mol. The highest BCUT2D eigenvalue weighted by molar-refractivity contribution is 7.99. The normalized spacial score (nSPS) is 22.3. The van der Waals surface area contributed by atoms with Crippen LogP contribution in [0, 0.1) is 0 Å². The third-order valence-corrected chi connectivity index (χ3v) is 3.24. The summed E-state index contributed by atoms with van der Waals surface area (Å²) in [4.78, 5) is 0. The Kier molecular flexibility index (Phi) is 2.70. The summed E-state index contributed by atoms with van der Waals surface area (Å²) in [6, 6.07) is 0.613. The van der Waals surface area contributed by atoms with Crippen molar-refractivity contribution in [2.75, 3.05) is 18.1 Å². The van der Waals surface area contributed by atoms with Crippen molar-refractivity contribution in [2.24, 2.45) is 0 Å². The molecule has 13 heavy (non-hydrogen) atoms. The minimum atomic E-state index is 0.613. The largest absolute Gasteiger partial charge is 0.336 e. The van der Waals surface area contributed by atoms with E-state index in [1.807, 2.05) is 0 Å². The van der Waals surface area contributed by atoms with Crippen LogP contribution in [0.25, 0.3) is 0 Å². The second-order valence-electron chi connectivity index (χ2n) is 3.13. The lowest BCUT2D eigenvalue weighted by Gasteiger charge is -2.07. The molecule has 6 heteroatoms. The Hall–Kier alpha value is -0.750. The van der Waals surface area contributed by atoms with Crippen molar-refractivity contribution >= 4 is 11.8 Å². The van der Waals surface area contributed by atoms with Gasteiger partial charge in [0.15, 0.2) is 0 Å². The Balaban J connectivity index is 1.82. The van der Waals surface area contributed by atoms with Crippen LogP contribution in [0.3, 0.4) is 0 Å². The van der Waals surface area contributed by atoms with Crippen LogP contribution in [0.5, 0.6) is 0 Å². The summed E-state index contributed by atoms with van der Waals surface area (Å²) in [7, 11) is 0. The molecule has 0 aromatic carbocycles. The van der Waals surface area contributed by atoms with Gasteiger partial charge in [0.25, 0.3) is 0 Å². The standard InChI is InChI=1S/C7H13N5S/c8-12-5-10-11-7(12)13-4-6-2-1-3-9-6/h5-6,9H,1-4,8H2/t6-/m1/s1. The van der Waals surface area contributed by atoms with Gasteiger partial charge in [0.1, 0.15) is 6.33 Å². The molecule has 1 aliphatic heterocycles. The van der Waals surface area contributed by atoms with Crippen LogP contribution in [0.15, 0.2) is 11.5 Å². The van der Waals surface area contributed by atoms with E-state index in [-0.39, 0.29) is 0 Å². The highest BCUT2D eigenvalue weighted by atomic mass is 32.2. The van der Waals surface area contributed by atoms with Crippen molar-refractivity contribution in [1.29, 1.82) is 0 Å². The van der Waals surface area contributed by atoms with Crippen molar-refractivity contribution in [3.63, 3.8) is 0 Å². The molecule has 0 saturated carbocycles.